The molecule has 0 saturated heterocycles. The average Bonchev–Trinajstić information content (AvgIpc) is 3.04. The summed E-state index contributed by atoms with van der Waals surface area (Å²) in [5.41, 5.74) is 2.98. The van der Waals surface area contributed by atoms with Gasteiger partial charge in [0.1, 0.15) is 11.6 Å². The largest absolute Gasteiger partial charge is 0.372 e. The third-order valence-electron chi connectivity index (χ3n) is 4.66. The summed E-state index contributed by atoms with van der Waals surface area (Å²) in [6, 6.07) is 9.94. The molecule has 3 aromatic rings. The number of hydrogen-bond donors (Lipinski definition) is 1. The molecule has 0 aliphatic carbocycles. The molecule has 0 bridgehead atoms. The normalized spacial score (nSPS) is 13.9. The van der Waals surface area contributed by atoms with Crippen LogP contribution in [0.1, 0.15) is 6.42 Å². The van der Waals surface area contributed by atoms with Gasteiger partial charge in [0.05, 0.1) is 17.6 Å². The number of nitrogens with zero attached hydrogens (tertiary/aromatic N) is 6. The van der Waals surface area contributed by atoms with Crippen molar-refractivity contribution < 1.29 is 0 Å². The van der Waals surface area contributed by atoms with Crippen LogP contribution in [0.5, 0.6) is 0 Å². The van der Waals surface area contributed by atoms with Gasteiger partial charge in [-0.1, -0.05) is 12.6 Å². The third kappa shape index (κ3) is 3.48. The molecule has 1 aliphatic rings. The number of aryl methyl sites for hydroxylation is 1. The van der Waals surface area contributed by atoms with Crippen LogP contribution in [0.4, 0.5) is 17.3 Å². The molecule has 7 nitrogen and oxygen atoms in total. The van der Waals surface area contributed by atoms with Gasteiger partial charge in [-0.15, -0.1) is 0 Å². The van der Waals surface area contributed by atoms with Crippen LogP contribution in [-0.2, 0) is 7.05 Å². The van der Waals surface area contributed by atoms with Crippen LogP contribution in [0.2, 0.25) is 0 Å². The van der Waals surface area contributed by atoms with Gasteiger partial charge in [0.25, 0.3) is 0 Å². The molecule has 1 aliphatic heterocycles. The Kier molecular flexibility index (Phi) is 4.50. The van der Waals surface area contributed by atoms with Crippen molar-refractivity contribution >= 4 is 17.3 Å². The minimum Gasteiger partial charge on any atom is -0.372 e. The zero-order valence-electron chi connectivity index (χ0n) is 15.6. The van der Waals surface area contributed by atoms with Crippen LogP contribution >= 0.6 is 0 Å². The molecule has 0 spiro atoms. The Balaban J connectivity index is 1.71. The Morgan fingerprint density at radius 3 is 2.78 bits per heavy atom. The fourth-order valence-corrected chi connectivity index (χ4v) is 3.26. The second kappa shape index (κ2) is 7.11. The molecule has 7 heteroatoms. The minimum absolute atomic E-state index is 0.765. The van der Waals surface area contributed by atoms with Crippen molar-refractivity contribution in [2.45, 2.75) is 6.42 Å². The van der Waals surface area contributed by atoms with Crippen molar-refractivity contribution in [2.75, 3.05) is 35.3 Å². The van der Waals surface area contributed by atoms with Gasteiger partial charge in [0.15, 0.2) is 5.82 Å². The standard InChI is InChI=1S/C20H23N7/c1-15(23-19-7-4-5-10-21-19)27-12-6-11-25(2)18-9-8-17(24-20(18)27)16-13-22-26(3)14-16/h4-5,7-10,13-14H,1,6,11-12H2,2-3H3,(H,21,23). The lowest BCUT2D eigenvalue weighted by Gasteiger charge is -2.27. The van der Waals surface area contributed by atoms with E-state index < -0.39 is 0 Å². The predicted octanol–water partition coefficient (Wildman–Crippen LogP) is 3.11. The van der Waals surface area contributed by atoms with Crippen LogP contribution in [0, 0.1) is 0 Å². The third-order valence-corrected chi connectivity index (χ3v) is 4.66. The zero-order chi connectivity index (χ0) is 18.8. The molecular formula is C20H23N7. The first kappa shape index (κ1) is 17.1. The SMILES string of the molecule is C=C(Nc1ccccn1)N1CCCN(C)c2ccc(-c3cnn(C)c3)nc21. The van der Waals surface area contributed by atoms with Gasteiger partial charge in [0.2, 0.25) is 0 Å². The second-order valence-corrected chi connectivity index (χ2v) is 6.66. The number of aromatic nitrogens is 4. The van der Waals surface area contributed by atoms with Gasteiger partial charge in [-0.25, -0.2) is 9.97 Å². The maximum absolute atomic E-state index is 4.96. The molecule has 0 amide bonds. The highest BCUT2D eigenvalue weighted by atomic mass is 15.3. The highest BCUT2D eigenvalue weighted by molar-refractivity contribution is 5.75. The van der Waals surface area contributed by atoms with E-state index in [9.17, 15) is 0 Å². The molecule has 0 aromatic carbocycles. The van der Waals surface area contributed by atoms with E-state index in [2.05, 4.69) is 44.9 Å². The van der Waals surface area contributed by atoms with E-state index in [1.54, 1.807) is 10.9 Å². The highest BCUT2D eigenvalue weighted by Crippen LogP contribution is 2.34. The molecule has 0 radical (unpaired) electrons. The molecule has 0 unspecified atom stereocenters. The van der Waals surface area contributed by atoms with E-state index in [0.29, 0.717) is 0 Å². The number of hydrogen-bond acceptors (Lipinski definition) is 6. The Bertz CT molecular complexity index is 948. The maximum Gasteiger partial charge on any atom is 0.158 e. The fraction of sp³-hybridized carbons (Fsp3) is 0.250. The number of pyridine rings is 2. The predicted molar refractivity (Wildman–Crippen MR) is 109 cm³/mol. The molecule has 4 rings (SSSR count). The smallest absolute Gasteiger partial charge is 0.158 e. The number of fused-ring (bicyclic) bond motifs is 1. The van der Waals surface area contributed by atoms with E-state index in [-0.39, 0.29) is 0 Å². The molecule has 0 fully saturated rings. The molecule has 3 aromatic heterocycles. The second-order valence-electron chi connectivity index (χ2n) is 6.66. The molecule has 4 heterocycles. The summed E-state index contributed by atoms with van der Waals surface area (Å²) in [5.74, 6) is 2.43. The van der Waals surface area contributed by atoms with Crippen molar-refractivity contribution in [1.29, 1.82) is 0 Å². The van der Waals surface area contributed by atoms with Gasteiger partial charge in [-0.3, -0.25) is 4.68 Å². The van der Waals surface area contributed by atoms with Gasteiger partial charge in [0, 0.05) is 45.1 Å². The summed E-state index contributed by atoms with van der Waals surface area (Å²) in [4.78, 5) is 13.7. The van der Waals surface area contributed by atoms with E-state index in [0.717, 1.165) is 53.9 Å². The Hall–Kier alpha value is -3.35. The topological polar surface area (TPSA) is 62.1 Å². The molecule has 0 atom stereocenters. The summed E-state index contributed by atoms with van der Waals surface area (Å²) in [6.45, 7) is 6.04. The van der Waals surface area contributed by atoms with E-state index in [1.807, 2.05) is 43.7 Å². The van der Waals surface area contributed by atoms with Crippen molar-refractivity contribution in [3.05, 3.63) is 61.3 Å². The monoisotopic (exact) mass is 361 g/mol. The Labute approximate surface area is 159 Å². The average molecular weight is 361 g/mol. The lowest BCUT2D eigenvalue weighted by molar-refractivity contribution is 0.768. The zero-order valence-corrected chi connectivity index (χ0v) is 15.6. The Morgan fingerprint density at radius 2 is 2.04 bits per heavy atom. The van der Waals surface area contributed by atoms with Crippen LogP contribution < -0.4 is 15.1 Å². The van der Waals surface area contributed by atoms with Crippen molar-refractivity contribution in [3.8, 4) is 11.3 Å². The minimum atomic E-state index is 0.765. The molecule has 27 heavy (non-hydrogen) atoms. The lowest BCUT2D eigenvalue weighted by Crippen LogP contribution is -2.28. The summed E-state index contributed by atoms with van der Waals surface area (Å²) < 4.78 is 1.79. The van der Waals surface area contributed by atoms with Crippen LogP contribution in [0.25, 0.3) is 11.3 Å². The van der Waals surface area contributed by atoms with E-state index in [4.69, 9.17) is 4.98 Å². The van der Waals surface area contributed by atoms with E-state index in [1.165, 1.54) is 0 Å². The number of nitrogens with one attached hydrogen (secondary N) is 1. The molecular weight excluding hydrogens is 338 g/mol. The Morgan fingerprint density at radius 1 is 1.15 bits per heavy atom. The van der Waals surface area contributed by atoms with Crippen LogP contribution in [0.3, 0.4) is 0 Å². The quantitative estimate of drug-likeness (QED) is 0.770. The molecule has 138 valence electrons. The first-order valence-electron chi connectivity index (χ1n) is 8.97. The summed E-state index contributed by atoms with van der Waals surface area (Å²) in [5, 5.41) is 7.57. The first-order valence-corrected chi connectivity index (χ1v) is 8.97. The maximum atomic E-state index is 4.96. The van der Waals surface area contributed by atoms with Crippen LogP contribution in [0.15, 0.2) is 61.3 Å². The van der Waals surface area contributed by atoms with Crippen molar-refractivity contribution in [3.63, 3.8) is 0 Å². The van der Waals surface area contributed by atoms with E-state index >= 15 is 0 Å². The highest BCUT2D eigenvalue weighted by Gasteiger charge is 2.23. The van der Waals surface area contributed by atoms with Crippen molar-refractivity contribution in [2.24, 2.45) is 7.05 Å². The van der Waals surface area contributed by atoms with Gasteiger partial charge in [-0.05, 0) is 30.7 Å². The van der Waals surface area contributed by atoms with Crippen molar-refractivity contribution in [1.82, 2.24) is 19.7 Å². The first-order chi connectivity index (χ1) is 13.1. The number of rotatable bonds is 4. The summed E-state index contributed by atoms with van der Waals surface area (Å²) in [7, 11) is 4.01. The molecule has 1 N–H and O–H groups in total. The number of anilines is 3. The summed E-state index contributed by atoms with van der Waals surface area (Å²) in [6.07, 6.45) is 6.58. The van der Waals surface area contributed by atoms with Gasteiger partial charge >= 0.3 is 0 Å². The fourth-order valence-electron chi connectivity index (χ4n) is 3.26. The van der Waals surface area contributed by atoms with Gasteiger partial charge in [-0.2, -0.15) is 5.10 Å². The van der Waals surface area contributed by atoms with Crippen LogP contribution in [-0.4, -0.2) is 39.9 Å². The lowest BCUT2D eigenvalue weighted by atomic mass is 10.2. The molecule has 0 saturated carbocycles. The van der Waals surface area contributed by atoms with Gasteiger partial charge < -0.3 is 15.1 Å². The summed E-state index contributed by atoms with van der Waals surface area (Å²) >= 11 is 0.